The lowest BCUT2D eigenvalue weighted by Crippen LogP contribution is -2.37. The van der Waals surface area contributed by atoms with Gasteiger partial charge < -0.3 is 15.0 Å². The molecule has 0 aromatic heterocycles. The van der Waals surface area contributed by atoms with Crippen LogP contribution in [0.15, 0.2) is 0 Å². The minimum absolute atomic E-state index is 0.542. The second kappa shape index (κ2) is 7.53. The molecule has 12 heavy (non-hydrogen) atoms. The van der Waals surface area contributed by atoms with Gasteiger partial charge in [-0.1, -0.05) is 0 Å². The van der Waals surface area contributed by atoms with E-state index in [1.165, 1.54) is 0 Å². The lowest BCUT2D eigenvalue weighted by atomic mass is 10.3. The highest BCUT2D eigenvalue weighted by atomic mass is 16.5. The molecule has 1 atom stereocenters. The SMILES string of the molecule is CCOCCNC(C)CN(C)C. The zero-order valence-electron chi connectivity index (χ0n) is 8.76. The lowest BCUT2D eigenvalue weighted by molar-refractivity contribution is 0.146. The third-order valence-electron chi connectivity index (χ3n) is 1.58. The molecule has 1 unspecified atom stereocenters. The number of hydrogen-bond acceptors (Lipinski definition) is 3. The maximum atomic E-state index is 5.21. The Bertz CT molecular complexity index is 96.5. The van der Waals surface area contributed by atoms with Gasteiger partial charge in [-0.05, 0) is 27.9 Å². The predicted molar refractivity (Wildman–Crippen MR) is 52.5 cm³/mol. The number of likely N-dealkylation sites (N-methyl/N-ethyl adjacent to an activating group) is 1. The molecule has 0 amide bonds. The Kier molecular flexibility index (Phi) is 7.45. The molecule has 0 radical (unpaired) electrons. The van der Waals surface area contributed by atoms with E-state index < -0.39 is 0 Å². The highest BCUT2D eigenvalue weighted by molar-refractivity contribution is 4.62. The topological polar surface area (TPSA) is 24.5 Å². The Morgan fingerprint density at radius 3 is 2.58 bits per heavy atom. The molecule has 0 aromatic rings. The van der Waals surface area contributed by atoms with Crippen molar-refractivity contribution in [1.82, 2.24) is 10.2 Å². The van der Waals surface area contributed by atoms with E-state index in [1.54, 1.807) is 0 Å². The summed E-state index contributed by atoms with van der Waals surface area (Å²) in [6.07, 6.45) is 0. The smallest absolute Gasteiger partial charge is 0.0590 e. The molecule has 0 aliphatic carbocycles. The first-order valence-electron chi connectivity index (χ1n) is 4.62. The Balaban J connectivity index is 3.14. The molecule has 3 nitrogen and oxygen atoms in total. The highest BCUT2D eigenvalue weighted by Crippen LogP contribution is 1.84. The van der Waals surface area contributed by atoms with Crippen molar-refractivity contribution in [2.24, 2.45) is 0 Å². The van der Waals surface area contributed by atoms with Crippen LogP contribution in [-0.2, 0) is 4.74 Å². The van der Waals surface area contributed by atoms with E-state index in [4.69, 9.17) is 4.74 Å². The van der Waals surface area contributed by atoms with Crippen molar-refractivity contribution in [3.05, 3.63) is 0 Å². The fourth-order valence-electron chi connectivity index (χ4n) is 1.13. The standard InChI is InChI=1S/C9H22N2O/c1-5-12-7-6-10-9(2)8-11(3)4/h9-10H,5-8H2,1-4H3. The second-order valence-electron chi connectivity index (χ2n) is 3.31. The normalized spacial score (nSPS) is 13.8. The Morgan fingerprint density at radius 2 is 2.08 bits per heavy atom. The van der Waals surface area contributed by atoms with Crippen LogP contribution in [0.5, 0.6) is 0 Å². The third kappa shape index (κ3) is 7.98. The summed E-state index contributed by atoms with van der Waals surface area (Å²) in [5.74, 6) is 0. The molecule has 0 spiro atoms. The van der Waals surface area contributed by atoms with Crippen LogP contribution in [0.3, 0.4) is 0 Å². The molecule has 0 aliphatic heterocycles. The van der Waals surface area contributed by atoms with Crippen LogP contribution in [0, 0.1) is 0 Å². The van der Waals surface area contributed by atoms with Gasteiger partial charge in [0, 0.05) is 25.7 Å². The molecular formula is C9H22N2O. The molecule has 0 saturated heterocycles. The summed E-state index contributed by atoms with van der Waals surface area (Å²) in [5, 5.41) is 3.38. The molecule has 0 bridgehead atoms. The summed E-state index contributed by atoms with van der Waals surface area (Å²) in [6, 6.07) is 0.542. The predicted octanol–water partition coefficient (Wildman–Crippen LogP) is 0.563. The summed E-state index contributed by atoms with van der Waals surface area (Å²) in [5.41, 5.74) is 0. The van der Waals surface area contributed by atoms with Crippen molar-refractivity contribution < 1.29 is 4.74 Å². The molecule has 0 rings (SSSR count). The molecule has 0 aromatic carbocycles. The van der Waals surface area contributed by atoms with Gasteiger partial charge in [0.15, 0.2) is 0 Å². The van der Waals surface area contributed by atoms with Crippen LogP contribution in [-0.4, -0.2) is 51.3 Å². The van der Waals surface area contributed by atoms with Crippen molar-refractivity contribution >= 4 is 0 Å². The fourth-order valence-corrected chi connectivity index (χ4v) is 1.13. The van der Waals surface area contributed by atoms with Crippen LogP contribution < -0.4 is 5.32 Å². The maximum Gasteiger partial charge on any atom is 0.0590 e. The van der Waals surface area contributed by atoms with Crippen LogP contribution in [0.1, 0.15) is 13.8 Å². The van der Waals surface area contributed by atoms with Gasteiger partial charge in [-0.25, -0.2) is 0 Å². The van der Waals surface area contributed by atoms with Gasteiger partial charge in [0.05, 0.1) is 6.61 Å². The molecule has 74 valence electrons. The molecular weight excluding hydrogens is 152 g/mol. The van der Waals surface area contributed by atoms with Crippen molar-refractivity contribution in [2.75, 3.05) is 40.4 Å². The molecule has 3 heteroatoms. The number of nitrogens with one attached hydrogen (secondary N) is 1. The van der Waals surface area contributed by atoms with Crippen LogP contribution in [0.25, 0.3) is 0 Å². The van der Waals surface area contributed by atoms with E-state index in [-0.39, 0.29) is 0 Å². The molecule has 0 saturated carbocycles. The van der Waals surface area contributed by atoms with Crippen molar-refractivity contribution in [3.63, 3.8) is 0 Å². The zero-order valence-corrected chi connectivity index (χ0v) is 8.76. The largest absolute Gasteiger partial charge is 0.380 e. The summed E-state index contributed by atoms with van der Waals surface area (Å²) in [6.45, 7) is 7.85. The summed E-state index contributed by atoms with van der Waals surface area (Å²) in [7, 11) is 4.17. The molecule has 1 N–H and O–H groups in total. The first-order chi connectivity index (χ1) is 5.66. The van der Waals surface area contributed by atoms with Gasteiger partial charge >= 0.3 is 0 Å². The molecule has 0 fully saturated rings. The van der Waals surface area contributed by atoms with Gasteiger partial charge in [0.25, 0.3) is 0 Å². The lowest BCUT2D eigenvalue weighted by Gasteiger charge is -2.18. The Morgan fingerprint density at radius 1 is 1.42 bits per heavy atom. The van der Waals surface area contributed by atoms with Gasteiger partial charge in [-0.3, -0.25) is 0 Å². The molecule has 0 aliphatic rings. The van der Waals surface area contributed by atoms with Crippen molar-refractivity contribution in [2.45, 2.75) is 19.9 Å². The van der Waals surface area contributed by atoms with Crippen LogP contribution in [0.2, 0.25) is 0 Å². The number of rotatable bonds is 7. The maximum absolute atomic E-state index is 5.21. The summed E-state index contributed by atoms with van der Waals surface area (Å²) >= 11 is 0. The van der Waals surface area contributed by atoms with Crippen molar-refractivity contribution in [3.8, 4) is 0 Å². The van der Waals surface area contributed by atoms with Crippen molar-refractivity contribution in [1.29, 1.82) is 0 Å². The number of ether oxygens (including phenoxy) is 1. The number of hydrogen-bond donors (Lipinski definition) is 1. The molecule has 0 heterocycles. The quantitative estimate of drug-likeness (QED) is 0.571. The van der Waals surface area contributed by atoms with E-state index in [1.807, 2.05) is 6.92 Å². The van der Waals surface area contributed by atoms with Gasteiger partial charge in [-0.15, -0.1) is 0 Å². The fraction of sp³-hybridized carbons (Fsp3) is 1.00. The van der Waals surface area contributed by atoms with Crippen LogP contribution >= 0.6 is 0 Å². The first kappa shape index (κ1) is 11.9. The average Bonchev–Trinajstić information content (AvgIpc) is 1.97. The Labute approximate surface area is 76.1 Å². The summed E-state index contributed by atoms with van der Waals surface area (Å²) in [4.78, 5) is 2.18. The van der Waals surface area contributed by atoms with Gasteiger partial charge in [0.1, 0.15) is 0 Å². The second-order valence-corrected chi connectivity index (χ2v) is 3.31. The monoisotopic (exact) mass is 174 g/mol. The van der Waals surface area contributed by atoms with Gasteiger partial charge in [0.2, 0.25) is 0 Å². The summed E-state index contributed by atoms with van der Waals surface area (Å²) < 4.78 is 5.21. The minimum Gasteiger partial charge on any atom is -0.380 e. The highest BCUT2D eigenvalue weighted by Gasteiger charge is 2.00. The zero-order chi connectivity index (χ0) is 9.40. The minimum atomic E-state index is 0.542. The van der Waals surface area contributed by atoms with E-state index >= 15 is 0 Å². The van der Waals surface area contributed by atoms with E-state index in [0.717, 1.165) is 26.3 Å². The van der Waals surface area contributed by atoms with Crippen LogP contribution in [0.4, 0.5) is 0 Å². The Hall–Kier alpha value is -0.120. The van der Waals surface area contributed by atoms with E-state index in [2.05, 4.69) is 31.2 Å². The third-order valence-corrected chi connectivity index (χ3v) is 1.58. The average molecular weight is 174 g/mol. The van der Waals surface area contributed by atoms with E-state index in [0.29, 0.717) is 6.04 Å². The number of nitrogens with zero attached hydrogens (tertiary/aromatic N) is 1. The van der Waals surface area contributed by atoms with Gasteiger partial charge in [-0.2, -0.15) is 0 Å². The first-order valence-corrected chi connectivity index (χ1v) is 4.62. The van der Waals surface area contributed by atoms with E-state index in [9.17, 15) is 0 Å².